The molecule has 0 aliphatic rings. The minimum atomic E-state index is 0.421. The van der Waals surface area contributed by atoms with Gasteiger partial charge in [-0.05, 0) is 23.8 Å². The number of hydrogen-bond acceptors (Lipinski definition) is 4. The van der Waals surface area contributed by atoms with Crippen molar-refractivity contribution in [2.45, 2.75) is 0 Å². The van der Waals surface area contributed by atoms with E-state index in [1.54, 1.807) is 24.7 Å². The Kier molecular flexibility index (Phi) is 3.90. The molecule has 0 bridgehead atoms. The number of halogens is 2. The molecule has 0 radical (unpaired) electrons. The summed E-state index contributed by atoms with van der Waals surface area (Å²) in [5.74, 6) is 0.460. The first-order chi connectivity index (χ1) is 8.25. The molecule has 86 valence electrons. The van der Waals surface area contributed by atoms with Gasteiger partial charge in [0, 0.05) is 18.6 Å². The van der Waals surface area contributed by atoms with Crippen molar-refractivity contribution in [1.29, 1.82) is 0 Å². The van der Waals surface area contributed by atoms with Crippen molar-refractivity contribution in [3.05, 3.63) is 52.4 Å². The zero-order valence-corrected chi connectivity index (χ0v) is 10.2. The van der Waals surface area contributed by atoms with Gasteiger partial charge in [-0.25, -0.2) is 4.98 Å². The van der Waals surface area contributed by atoms with Crippen LogP contribution in [0.2, 0.25) is 10.0 Å². The summed E-state index contributed by atoms with van der Waals surface area (Å²) in [7, 11) is 0. The Bertz CT molecular complexity index is 528. The molecule has 0 aliphatic heterocycles. The number of hydrogen-bond donors (Lipinski definition) is 1. The van der Waals surface area contributed by atoms with Crippen molar-refractivity contribution in [3.8, 4) is 0 Å². The molecule has 17 heavy (non-hydrogen) atoms. The lowest BCUT2D eigenvalue weighted by Gasteiger charge is -2.01. The highest BCUT2D eigenvalue weighted by Gasteiger charge is 2.00. The second-order valence-corrected chi connectivity index (χ2v) is 3.98. The zero-order valence-electron chi connectivity index (χ0n) is 8.64. The summed E-state index contributed by atoms with van der Waals surface area (Å²) in [5, 5.41) is 4.92. The molecule has 0 aliphatic carbocycles. The van der Waals surface area contributed by atoms with Gasteiger partial charge in [-0.3, -0.25) is 10.4 Å². The van der Waals surface area contributed by atoms with Crippen LogP contribution in [0.25, 0.3) is 0 Å². The molecule has 0 saturated carbocycles. The lowest BCUT2D eigenvalue weighted by Crippen LogP contribution is -1.94. The summed E-state index contributed by atoms with van der Waals surface area (Å²) in [4.78, 5) is 7.91. The monoisotopic (exact) mass is 266 g/mol. The smallest absolute Gasteiger partial charge is 0.165 e. The Morgan fingerprint density at radius 1 is 1.24 bits per heavy atom. The Balaban J connectivity index is 2.05. The van der Waals surface area contributed by atoms with Gasteiger partial charge < -0.3 is 0 Å². The van der Waals surface area contributed by atoms with E-state index in [9.17, 15) is 0 Å². The fourth-order valence-electron chi connectivity index (χ4n) is 1.11. The largest absolute Gasteiger partial charge is 0.265 e. The number of rotatable bonds is 3. The fraction of sp³-hybridized carbons (Fsp3) is 0. The molecule has 0 amide bonds. The van der Waals surface area contributed by atoms with Crippen molar-refractivity contribution in [2.24, 2.45) is 5.10 Å². The highest BCUT2D eigenvalue weighted by atomic mass is 35.5. The summed E-state index contributed by atoms with van der Waals surface area (Å²) >= 11 is 11.6. The molecule has 0 fully saturated rings. The second-order valence-electron chi connectivity index (χ2n) is 3.13. The summed E-state index contributed by atoms with van der Waals surface area (Å²) < 4.78 is 0. The third-order valence-electron chi connectivity index (χ3n) is 1.90. The average molecular weight is 267 g/mol. The van der Waals surface area contributed by atoms with E-state index >= 15 is 0 Å². The Morgan fingerprint density at radius 3 is 2.71 bits per heavy atom. The van der Waals surface area contributed by atoms with E-state index in [1.807, 2.05) is 12.1 Å². The van der Waals surface area contributed by atoms with Crippen LogP contribution >= 0.6 is 23.2 Å². The normalized spacial score (nSPS) is 10.7. The van der Waals surface area contributed by atoms with Crippen molar-refractivity contribution in [2.75, 3.05) is 5.43 Å². The predicted octanol–water partition coefficient (Wildman–Crippen LogP) is 3.23. The van der Waals surface area contributed by atoms with E-state index in [4.69, 9.17) is 23.2 Å². The number of anilines is 1. The summed E-state index contributed by atoms with van der Waals surface area (Å²) in [6.07, 6.45) is 6.52. The van der Waals surface area contributed by atoms with E-state index < -0.39 is 0 Å². The van der Waals surface area contributed by atoms with Crippen LogP contribution in [0.5, 0.6) is 0 Å². The topological polar surface area (TPSA) is 50.2 Å². The number of nitrogens with zero attached hydrogens (tertiary/aromatic N) is 3. The lowest BCUT2D eigenvalue weighted by molar-refractivity contribution is 1.23. The molecule has 0 atom stereocenters. The molecule has 0 spiro atoms. The molecule has 2 aromatic heterocycles. The van der Waals surface area contributed by atoms with Crippen LogP contribution in [0, 0.1) is 0 Å². The number of pyridine rings is 2. The molecular formula is C11H8Cl2N4. The minimum Gasteiger partial charge on any atom is -0.265 e. The van der Waals surface area contributed by atoms with Crippen LogP contribution in [0.3, 0.4) is 0 Å². The number of aromatic nitrogens is 2. The summed E-state index contributed by atoms with van der Waals surface area (Å²) in [5.41, 5.74) is 3.66. The summed E-state index contributed by atoms with van der Waals surface area (Å²) in [6, 6.07) is 5.27. The average Bonchev–Trinajstić information content (AvgIpc) is 2.33. The highest BCUT2D eigenvalue weighted by molar-refractivity contribution is 6.35. The maximum absolute atomic E-state index is 5.92. The minimum absolute atomic E-state index is 0.421. The van der Waals surface area contributed by atoms with Gasteiger partial charge in [0.2, 0.25) is 0 Å². The third-order valence-corrected chi connectivity index (χ3v) is 2.39. The highest BCUT2D eigenvalue weighted by Crippen LogP contribution is 2.22. The molecule has 2 rings (SSSR count). The van der Waals surface area contributed by atoms with Crippen molar-refractivity contribution < 1.29 is 0 Å². The fourth-order valence-corrected chi connectivity index (χ4v) is 1.54. The first-order valence-corrected chi connectivity index (χ1v) is 5.51. The molecule has 2 heterocycles. The quantitative estimate of drug-likeness (QED) is 0.686. The predicted molar refractivity (Wildman–Crippen MR) is 69.7 cm³/mol. The van der Waals surface area contributed by atoms with Gasteiger partial charge in [0.05, 0.1) is 16.3 Å². The van der Waals surface area contributed by atoms with Crippen molar-refractivity contribution >= 4 is 35.2 Å². The second kappa shape index (κ2) is 5.61. The van der Waals surface area contributed by atoms with Gasteiger partial charge in [-0.1, -0.05) is 23.2 Å². The van der Waals surface area contributed by atoms with Crippen LogP contribution in [0.4, 0.5) is 5.82 Å². The van der Waals surface area contributed by atoms with E-state index in [1.165, 1.54) is 6.20 Å². The summed E-state index contributed by atoms with van der Waals surface area (Å²) in [6.45, 7) is 0. The number of nitrogens with one attached hydrogen (secondary N) is 1. The molecular weight excluding hydrogens is 259 g/mol. The van der Waals surface area contributed by atoms with Crippen LogP contribution in [-0.2, 0) is 0 Å². The Hall–Kier alpha value is -1.65. The van der Waals surface area contributed by atoms with Gasteiger partial charge in [0.15, 0.2) is 5.82 Å². The molecule has 4 nitrogen and oxygen atoms in total. The molecule has 0 saturated heterocycles. The number of hydrazone groups is 1. The first kappa shape index (κ1) is 11.8. The van der Waals surface area contributed by atoms with Gasteiger partial charge in [-0.15, -0.1) is 0 Å². The molecule has 0 unspecified atom stereocenters. The van der Waals surface area contributed by atoms with E-state index in [-0.39, 0.29) is 0 Å². The van der Waals surface area contributed by atoms with E-state index in [2.05, 4.69) is 20.5 Å². The molecule has 0 aromatic carbocycles. The van der Waals surface area contributed by atoms with Crippen molar-refractivity contribution in [1.82, 2.24) is 9.97 Å². The maximum atomic E-state index is 5.92. The SMILES string of the molecule is Clc1cnc(NN=Cc2ccncc2)c(Cl)c1. The van der Waals surface area contributed by atoms with E-state index in [0.717, 1.165) is 5.56 Å². The first-order valence-electron chi connectivity index (χ1n) is 4.76. The van der Waals surface area contributed by atoms with Crippen molar-refractivity contribution in [3.63, 3.8) is 0 Å². The van der Waals surface area contributed by atoms with Crippen LogP contribution < -0.4 is 5.43 Å². The molecule has 1 N–H and O–H groups in total. The Labute approximate surface area is 108 Å². The van der Waals surface area contributed by atoms with Gasteiger partial charge >= 0.3 is 0 Å². The van der Waals surface area contributed by atoms with Crippen LogP contribution in [0.15, 0.2) is 41.9 Å². The van der Waals surface area contributed by atoms with Gasteiger partial charge in [0.1, 0.15) is 0 Å². The molecule has 2 aromatic rings. The molecule has 6 heteroatoms. The third kappa shape index (κ3) is 3.41. The van der Waals surface area contributed by atoms with E-state index in [0.29, 0.717) is 15.9 Å². The van der Waals surface area contributed by atoms with Crippen LogP contribution in [-0.4, -0.2) is 16.2 Å². The standard InChI is InChI=1S/C11H8Cl2N4/c12-9-5-10(13)11(15-7-9)17-16-6-8-1-3-14-4-2-8/h1-7H,(H,15,17). The van der Waals surface area contributed by atoms with Gasteiger partial charge in [-0.2, -0.15) is 5.10 Å². The Morgan fingerprint density at radius 2 is 2.00 bits per heavy atom. The zero-order chi connectivity index (χ0) is 12.1. The van der Waals surface area contributed by atoms with Crippen LogP contribution in [0.1, 0.15) is 5.56 Å². The van der Waals surface area contributed by atoms with Gasteiger partial charge in [0.25, 0.3) is 0 Å². The lowest BCUT2D eigenvalue weighted by atomic mass is 10.3. The maximum Gasteiger partial charge on any atom is 0.165 e.